The SMILES string of the molecule is CN1C(=O)c2oc3ccccc3c(=O)c2[C@@H]1c1ccccc1. The van der Waals surface area contributed by atoms with Crippen LogP contribution in [0.4, 0.5) is 0 Å². The lowest BCUT2D eigenvalue weighted by Crippen LogP contribution is -2.25. The van der Waals surface area contributed by atoms with E-state index in [0.717, 1.165) is 5.56 Å². The first-order valence-electron chi connectivity index (χ1n) is 7.06. The van der Waals surface area contributed by atoms with Crippen molar-refractivity contribution in [2.45, 2.75) is 6.04 Å². The van der Waals surface area contributed by atoms with Gasteiger partial charge in [-0.3, -0.25) is 9.59 Å². The molecule has 1 amide bonds. The second-order valence-corrected chi connectivity index (χ2v) is 5.40. The fraction of sp³-hybridized carbons (Fsp3) is 0.111. The minimum atomic E-state index is -0.399. The Morgan fingerprint density at radius 3 is 2.41 bits per heavy atom. The van der Waals surface area contributed by atoms with E-state index in [2.05, 4.69) is 0 Å². The third-order valence-corrected chi connectivity index (χ3v) is 4.12. The molecule has 22 heavy (non-hydrogen) atoms. The Kier molecular flexibility index (Phi) is 2.66. The van der Waals surface area contributed by atoms with Crippen LogP contribution in [0.1, 0.15) is 27.7 Å². The molecule has 0 bridgehead atoms. The number of nitrogens with zero attached hydrogens (tertiary/aromatic N) is 1. The third kappa shape index (κ3) is 1.64. The second-order valence-electron chi connectivity index (χ2n) is 5.40. The van der Waals surface area contributed by atoms with Crippen LogP contribution in [0.2, 0.25) is 0 Å². The molecule has 1 aromatic heterocycles. The molecule has 3 aromatic rings. The van der Waals surface area contributed by atoms with Crippen molar-refractivity contribution >= 4 is 16.9 Å². The molecule has 1 atom stereocenters. The van der Waals surface area contributed by atoms with E-state index in [1.807, 2.05) is 30.3 Å². The first-order chi connectivity index (χ1) is 10.7. The van der Waals surface area contributed by atoms with E-state index >= 15 is 0 Å². The summed E-state index contributed by atoms with van der Waals surface area (Å²) < 4.78 is 5.73. The average Bonchev–Trinajstić information content (AvgIpc) is 2.81. The zero-order valence-electron chi connectivity index (χ0n) is 11.9. The van der Waals surface area contributed by atoms with Gasteiger partial charge in [0.05, 0.1) is 17.0 Å². The lowest BCUT2D eigenvalue weighted by molar-refractivity contribution is 0.0771. The third-order valence-electron chi connectivity index (χ3n) is 4.12. The van der Waals surface area contributed by atoms with E-state index in [1.165, 1.54) is 0 Å². The first kappa shape index (κ1) is 12.8. The number of rotatable bonds is 1. The van der Waals surface area contributed by atoms with Gasteiger partial charge in [0.2, 0.25) is 5.76 Å². The predicted octanol–water partition coefficient (Wildman–Crippen LogP) is 2.97. The van der Waals surface area contributed by atoms with Gasteiger partial charge in [0.25, 0.3) is 5.91 Å². The number of hydrogen-bond donors (Lipinski definition) is 0. The summed E-state index contributed by atoms with van der Waals surface area (Å²) in [6.45, 7) is 0. The number of hydrogen-bond acceptors (Lipinski definition) is 3. The molecule has 4 rings (SSSR count). The molecule has 2 heterocycles. The maximum atomic E-state index is 12.9. The standard InChI is InChI=1S/C18H13NO3/c1-19-15(11-7-3-2-4-8-11)14-16(20)12-9-5-6-10-13(12)22-17(14)18(19)21/h2-10,15H,1H3/t15-/m0/s1. The molecule has 4 heteroatoms. The zero-order chi connectivity index (χ0) is 15.3. The van der Waals surface area contributed by atoms with Crippen LogP contribution < -0.4 is 5.43 Å². The van der Waals surface area contributed by atoms with Crippen LogP contribution in [0.15, 0.2) is 63.8 Å². The molecule has 0 unspecified atom stereocenters. The zero-order valence-corrected chi connectivity index (χ0v) is 11.9. The highest BCUT2D eigenvalue weighted by Crippen LogP contribution is 2.36. The number of fused-ring (bicyclic) bond motifs is 2. The molecule has 0 fully saturated rings. The molecular formula is C18H13NO3. The minimum Gasteiger partial charge on any atom is -0.450 e. The smallest absolute Gasteiger partial charge is 0.290 e. The highest BCUT2D eigenvalue weighted by molar-refractivity contribution is 5.98. The van der Waals surface area contributed by atoms with Crippen LogP contribution in [-0.2, 0) is 0 Å². The lowest BCUT2D eigenvalue weighted by atomic mass is 9.99. The molecule has 0 aliphatic carbocycles. The average molecular weight is 291 g/mol. The van der Waals surface area contributed by atoms with Crippen molar-refractivity contribution in [1.82, 2.24) is 4.90 Å². The van der Waals surface area contributed by atoms with Crippen LogP contribution in [0.5, 0.6) is 0 Å². The largest absolute Gasteiger partial charge is 0.450 e. The molecule has 0 saturated carbocycles. The molecule has 1 aliphatic rings. The number of carbonyl (C=O) groups excluding carboxylic acids is 1. The quantitative estimate of drug-likeness (QED) is 0.692. The number of amides is 1. The fourth-order valence-corrected chi connectivity index (χ4v) is 3.06. The molecule has 4 nitrogen and oxygen atoms in total. The van der Waals surface area contributed by atoms with Gasteiger partial charge in [-0.05, 0) is 17.7 Å². The van der Waals surface area contributed by atoms with Crippen molar-refractivity contribution in [3.8, 4) is 0 Å². The summed E-state index contributed by atoms with van der Waals surface area (Å²) in [6.07, 6.45) is 0. The molecule has 2 aromatic carbocycles. The van der Waals surface area contributed by atoms with Crippen molar-refractivity contribution in [3.05, 3.63) is 81.7 Å². The molecular weight excluding hydrogens is 278 g/mol. The van der Waals surface area contributed by atoms with E-state index in [-0.39, 0.29) is 17.1 Å². The highest BCUT2D eigenvalue weighted by atomic mass is 16.3. The van der Waals surface area contributed by atoms with Crippen LogP contribution in [0.3, 0.4) is 0 Å². The van der Waals surface area contributed by atoms with Crippen LogP contribution in [0.25, 0.3) is 11.0 Å². The maximum Gasteiger partial charge on any atom is 0.290 e. The highest BCUT2D eigenvalue weighted by Gasteiger charge is 2.40. The number of benzene rings is 2. The van der Waals surface area contributed by atoms with E-state index in [4.69, 9.17) is 4.42 Å². The van der Waals surface area contributed by atoms with Gasteiger partial charge >= 0.3 is 0 Å². The van der Waals surface area contributed by atoms with Crippen LogP contribution in [0, 0.1) is 0 Å². The van der Waals surface area contributed by atoms with Crippen molar-refractivity contribution in [1.29, 1.82) is 0 Å². The number of para-hydroxylation sites is 1. The van der Waals surface area contributed by atoms with Gasteiger partial charge in [-0.1, -0.05) is 42.5 Å². The van der Waals surface area contributed by atoms with Gasteiger partial charge in [0, 0.05) is 7.05 Å². The molecule has 0 saturated heterocycles. The van der Waals surface area contributed by atoms with Gasteiger partial charge in [-0.2, -0.15) is 0 Å². The monoisotopic (exact) mass is 291 g/mol. The van der Waals surface area contributed by atoms with E-state index in [0.29, 0.717) is 16.5 Å². The van der Waals surface area contributed by atoms with E-state index < -0.39 is 6.04 Å². The van der Waals surface area contributed by atoms with Crippen molar-refractivity contribution < 1.29 is 9.21 Å². The van der Waals surface area contributed by atoms with Gasteiger partial charge in [0.15, 0.2) is 5.43 Å². The minimum absolute atomic E-state index is 0.136. The van der Waals surface area contributed by atoms with Crippen LogP contribution in [-0.4, -0.2) is 17.9 Å². The van der Waals surface area contributed by atoms with Gasteiger partial charge < -0.3 is 9.32 Å². The van der Waals surface area contributed by atoms with E-state index in [1.54, 1.807) is 36.2 Å². The summed E-state index contributed by atoms with van der Waals surface area (Å²) in [5.41, 5.74) is 1.64. The molecule has 0 spiro atoms. The van der Waals surface area contributed by atoms with Gasteiger partial charge in [-0.15, -0.1) is 0 Å². The van der Waals surface area contributed by atoms with Crippen molar-refractivity contribution in [2.24, 2.45) is 0 Å². The second kappa shape index (κ2) is 4.56. The van der Waals surface area contributed by atoms with Crippen molar-refractivity contribution in [2.75, 3.05) is 7.05 Å². The Balaban J connectivity index is 2.06. The number of carbonyl (C=O) groups is 1. The lowest BCUT2D eigenvalue weighted by Gasteiger charge is -2.20. The topological polar surface area (TPSA) is 50.5 Å². The summed E-state index contributed by atoms with van der Waals surface area (Å²) in [4.78, 5) is 26.9. The van der Waals surface area contributed by atoms with Crippen molar-refractivity contribution in [3.63, 3.8) is 0 Å². The summed E-state index contributed by atoms with van der Waals surface area (Å²) in [5.74, 6) is -0.105. The molecule has 108 valence electrons. The predicted molar refractivity (Wildman–Crippen MR) is 82.9 cm³/mol. The van der Waals surface area contributed by atoms with E-state index in [9.17, 15) is 9.59 Å². The Bertz CT molecular complexity index is 943. The summed E-state index contributed by atoms with van der Waals surface area (Å²) >= 11 is 0. The summed E-state index contributed by atoms with van der Waals surface area (Å²) in [5, 5.41) is 0.505. The van der Waals surface area contributed by atoms with Gasteiger partial charge in [0.1, 0.15) is 5.58 Å². The first-order valence-corrected chi connectivity index (χ1v) is 7.06. The Labute approximate surface area is 126 Å². The Hall–Kier alpha value is -2.88. The fourth-order valence-electron chi connectivity index (χ4n) is 3.06. The summed E-state index contributed by atoms with van der Waals surface area (Å²) in [7, 11) is 1.69. The Morgan fingerprint density at radius 2 is 1.64 bits per heavy atom. The Morgan fingerprint density at radius 1 is 0.955 bits per heavy atom. The van der Waals surface area contributed by atoms with Crippen LogP contribution >= 0.6 is 0 Å². The normalized spacial score (nSPS) is 17.0. The molecule has 1 aliphatic heterocycles. The molecule has 0 radical (unpaired) electrons. The molecule has 0 N–H and O–H groups in total. The maximum absolute atomic E-state index is 12.9. The summed E-state index contributed by atoms with van der Waals surface area (Å²) in [6, 6.07) is 16.2. The van der Waals surface area contributed by atoms with Gasteiger partial charge in [-0.25, -0.2) is 0 Å².